The Morgan fingerprint density at radius 2 is 1.21 bits per heavy atom. The van der Waals surface area contributed by atoms with Crippen LogP contribution >= 0.6 is 22.6 Å². The summed E-state index contributed by atoms with van der Waals surface area (Å²) < 4.78 is 0.902. The summed E-state index contributed by atoms with van der Waals surface area (Å²) in [5, 5.41) is 0. The number of alkyl halides is 1. The van der Waals surface area contributed by atoms with E-state index in [0.29, 0.717) is 0 Å². The van der Waals surface area contributed by atoms with Crippen LogP contribution in [0.5, 0.6) is 0 Å². The van der Waals surface area contributed by atoms with Gasteiger partial charge in [0.2, 0.25) is 0 Å². The molecule has 12 rings (SSSR count). The van der Waals surface area contributed by atoms with Crippen LogP contribution < -0.4 is 0 Å². The highest BCUT2D eigenvalue weighted by molar-refractivity contribution is 14.1. The van der Waals surface area contributed by atoms with Crippen molar-refractivity contribution < 1.29 is 0 Å². The smallest absolute Gasteiger partial charge is 0.0358 e. The molecular formula is C18H17I. The van der Waals surface area contributed by atoms with Gasteiger partial charge in [-0.15, -0.1) is 0 Å². The molecule has 0 N–H and O–H groups in total. The summed E-state index contributed by atoms with van der Waals surface area (Å²) in [5.41, 5.74) is 2.03. The Kier molecular flexibility index (Phi) is 0.728. The van der Waals surface area contributed by atoms with Gasteiger partial charge in [-0.25, -0.2) is 0 Å². The first kappa shape index (κ1) is 8.39. The van der Waals surface area contributed by atoms with E-state index < -0.39 is 0 Å². The van der Waals surface area contributed by atoms with E-state index in [-0.39, 0.29) is 0 Å². The Hall–Kier alpha value is 0.730. The Morgan fingerprint density at radius 3 is 1.63 bits per heavy atom. The third-order valence-electron chi connectivity index (χ3n) is 11.8. The molecule has 96 valence electrons. The summed E-state index contributed by atoms with van der Waals surface area (Å²) >= 11 is 3.08. The fourth-order valence-electron chi connectivity index (χ4n) is 13.0. The van der Waals surface area contributed by atoms with E-state index in [4.69, 9.17) is 0 Å². The average molecular weight is 360 g/mol. The summed E-state index contributed by atoms with van der Waals surface area (Å²) in [6, 6.07) is 0. The van der Waals surface area contributed by atoms with Gasteiger partial charge in [0.25, 0.3) is 0 Å². The normalized spacial score (nSPS) is 107. The maximum atomic E-state index is 3.08. The number of hydrogen-bond acceptors (Lipinski definition) is 0. The largest absolute Gasteiger partial charge is 0.0776 e. The molecule has 0 heterocycles. The first-order valence-corrected chi connectivity index (χ1v) is 10.1. The predicted molar refractivity (Wildman–Crippen MR) is 76.2 cm³/mol. The minimum atomic E-state index is 0.902. The summed E-state index contributed by atoms with van der Waals surface area (Å²) in [6.45, 7) is 0. The van der Waals surface area contributed by atoms with Gasteiger partial charge in [0.15, 0.2) is 0 Å². The van der Waals surface area contributed by atoms with Crippen molar-refractivity contribution in [1.29, 1.82) is 0 Å². The molecule has 4 bridgehead atoms. The topological polar surface area (TPSA) is 0 Å². The monoisotopic (exact) mass is 360 g/mol. The summed E-state index contributed by atoms with van der Waals surface area (Å²) in [6.07, 6.45) is 3.41. The molecule has 0 spiro atoms. The molecule has 4 unspecified atom stereocenters. The minimum Gasteiger partial charge on any atom is -0.0776 e. The zero-order valence-electron chi connectivity index (χ0n) is 10.8. The maximum Gasteiger partial charge on any atom is 0.0358 e. The van der Waals surface area contributed by atoms with E-state index in [2.05, 4.69) is 22.6 Å². The highest BCUT2D eigenvalue weighted by Crippen LogP contribution is 3.15. The summed E-state index contributed by atoms with van der Waals surface area (Å²) in [4.78, 5) is 0. The molecule has 0 nitrogen and oxygen atoms in total. The molecule has 0 radical (unpaired) electrons. The zero-order chi connectivity index (χ0) is 11.4. The molecule has 1 heteroatoms. The second-order valence-corrected chi connectivity index (χ2v) is 12.3. The van der Waals surface area contributed by atoms with Crippen LogP contribution in [0.2, 0.25) is 0 Å². The van der Waals surface area contributed by atoms with Crippen molar-refractivity contribution in [2.45, 2.75) is 16.3 Å². The fraction of sp³-hybridized carbons (Fsp3) is 1.00. The second-order valence-electron chi connectivity index (χ2n) is 10.5. The van der Waals surface area contributed by atoms with Crippen LogP contribution in [-0.2, 0) is 0 Å². The van der Waals surface area contributed by atoms with Crippen molar-refractivity contribution in [3.63, 3.8) is 0 Å². The lowest BCUT2D eigenvalue weighted by Crippen LogP contribution is -2.33. The van der Waals surface area contributed by atoms with Crippen molar-refractivity contribution in [1.82, 2.24) is 0 Å². The Morgan fingerprint density at radius 1 is 0.632 bits per heavy atom. The van der Waals surface area contributed by atoms with E-state index in [0.717, 1.165) is 14.3 Å². The van der Waals surface area contributed by atoms with Crippen LogP contribution in [-0.4, -0.2) is 3.42 Å². The second kappa shape index (κ2) is 1.65. The summed E-state index contributed by atoms with van der Waals surface area (Å²) in [7, 11) is 0. The molecule has 12 aliphatic rings. The molecule has 19 heavy (non-hydrogen) atoms. The van der Waals surface area contributed by atoms with E-state index in [1.807, 2.05) is 0 Å². The van der Waals surface area contributed by atoms with E-state index >= 15 is 0 Å². The van der Waals surface area contributed by atoms with Gasteiger partial charge >= 0.3 is 0 Å². The molecule has 0 aromatic heterocycles. The SMILES string of the molecule is IC12[C@@H]3[C@H]4C[C@@H]([C@@H]31)[C@H]1[C@H]4C12C12C3[C@@H]4[C@@H]5C[C@H]([C@H]34)[C@H]1[C@H]52. The molecule has 12 fully saturated rings. The number of rotatable bonds is 1. The highest BCUT2D eigenvalue weighted by atomic mass is 127. The molecule has 0 aliphatic heterocycles. The Labute approximate surface area is 126 Å². The van der Waals surface area contributed by atoms with Gasteiger partial charge in [0.05, 0.1) is 0 Å². The van der Waals surface area contributed by atoms with Crippen LogP contribution in [0.4, 0.5) is 0 Å². The maximum absolute atomic E-state index is 3.08. The first-order chi connectivity index (χ1) is 9.32. The lowest BCUT2D eigenvalue weighted by molar-refractivity contribution is 0.189. The van der Waals surface area contributed by atoms with Crippen molar-refractivity contribution >= 4 is 22.6 Å². The molecule has 0 amide bonds. The average Bonchev–Trinajstić information content (AvgIpc) is 3.31. The first-order valence-electron chi connectivity index (χ1n) is 9.01. The fourth-order valence-corrected chi connectivity index (χ4v) is 15.7. The van der Waals surface area contributed by atoms with Gasteiger partial charge in [-0.05, 0) is 101 Å². The van der Waals surface area contributed by atoms with E-state index in [1.54, 1.807) is 12.8 Å². The lowest BCUT2D eigenvalue weighted by Gasteiger charge is -2.32. The lowest BCUT2D eigenvalue weighted by atomic mass is 9.75. The van der Waals surface area contributed by atoms with Crippen molar-refractivity contribution in [3.8, 4) is 0 Å². The van der Waals surface area contributed by atoms with Crippen molar-refractivity contribution in [3.05, 3.63) is 0 Å². The van der Waals surface area contributed by atoms with Crippen molar-refractivity contribution in [2.24, 2.45) is 87.8 Å². The van der Waals surface area contributed by atoms with Gasteiger partial charge in [-0.1, -0.05) is 22.6 Å². The van der Waals surface area contributed by atoms with Gasteiger partial charge in [0, 0.05) is 3.42 Å². The zero-order valence-corrected chi connectivity index (χ0v) is 13.0. The standard InChI is InChI=1S/C18H17I/c19-18-13-5-2-6(14(13)18)12-11(5)17(12,18)16-9-3-1-4(10(9)16)8-7(3)15(8)16/h3-15H,1-2H2/t3-,4+,5-,6+,7+,8-,9-,10-,11-,12-,13+,14-,15?,16?,17?,18?/m0/s1. The van der Waals surface area contributed by atoms with Crippen LogP contribution in [0.15, 0.2) is 0 Å². The van der Waals surface area contributed by atoms with Gasteiger partial charge < -0.3 is 0 Å². The number of hydrogen-bond donors (Lipinski definition) is 0. The Balaban J connectivity index is 1.36. The molecule has 12 aliphatic carbocycles. The summed E-state index contributed by atoms with van der Waals surface area (Å²) in [5.74, 6) is 16.8. The molecule has 0 aromatic rings. The quantitative estimate of drug-likeness (QED) is 0.498. The van der Waals surface area contributed by atoms with Crippen LogP contribution in [0.25, 0.3) is 0 Å². The Bertz CT molecular complexity index is 640. The van der Waals surface area contributed by atoms with E-state index in [1.165, 1.54) is 76.9 Å². The van der Waals surface area contributed by atoms with Crippen LogP contribution in [0, 0.1) is 87.8 Å². The van der Waals surface area contributed by atoms with Gasteiger partial charge in [0.1, 0.15) is 0 Å². The highest BCUT2D eigenvalue weighted by Gasteiger charge is 3.14. The third kappa shape index (κ3) is 0.385. The number of halogens is 1. The van der Waals surface area contributed by atoms with Crippen LogP contribution in [0.1, 0.15) is 12.8 Å². The molecular weight excluding hydrogens is 343 g/mol. The van der Waals surface area contributed by atoms with Crippen molar-refractivity contribution in [2.75, 3.05) is 0 Å². The third-order valence-corrected chi connectivity index (χ3v) is 14.2. The minimum absolute atomic E-state index is 0.902. The molecule has 12 saturated carbocycles. The van der Waals surface area contributed by atoms with Crippen LogP contribution in [0.3, 0.4) is 0 Å². The van der Waals surface area contributed by atoms with Gasteiger partial charge in [-0.2, -0.15) is 0 Å². The predicted octanol–water partition coefficient (Wildman–Crippen LogP) is 3.06. The van der Waals surface area contributed by atoms with E-state index in [9.17, 15) is 0 Å². The van der Waals surface area contributed by atoms with Gasteiger partial charge in [-0.3, -0.25) is 0 Å². The molecule has 0 saturated heterocycles. The molecule has 0 aromatic carbocycles. The molecule has 16 atom stereocenters.